The first-order valence-corrected chi connectivity index (χ1v) is 9.07. The number of aliphatic hydroxyl groups excluding tert-OH is 2. The smallest absolute Gasteiger partial charge is 0.659 e. The average Bonchev–Trinajstić information content (AvgIpc) is 2.91. The van der Waals surface area contributed by atoms with Gasteiger partial charge in [-0.15, -0.1) is 24.7 Å². The van der Waals surface area contributed by atoms with E-state index in [1.807, 2.05) is 11.8 Å². The molecule has 0 spiro atoms. The molecule has 0 saturated carbocycles. The molecule has 0 radical (unpaired) electrons. The van der Waals surface area contributed by atoms with E-state index in [0.717, 1.165) is 6.54 Å². The molecule has 1 saturated heterocycles. The fourth-order valence-corrected chi connectivity index (χ4v) is 4.16. The van der Waals surface area contributed by atoms with Gasteiger partial charge in [-0.05, 0) is 25.5 Å². The van der Waals surface area contributed by atoms with Crippen molar-refractivity contribution in [3.8, 4) is 0 Å². The Kier molecular flexibility index (Phi) is 9.87. The summed E-state index contributed by atoms with van der Waals surface area (Å²) in [7, 11) is 0. The Hall–Kier alpha value is 0.00831. The number of nitrogens with zero attached hydrogens (tertiary/aromatic N) is 1. The van der Waals surface area contributed by atoms with Crippen LogP contribution in [0.25, 0.3) is 5.32 Å². The van der Waals surface area contributed by atoms with Crippen molar-refractivity contribution >= 4 is 11.8 Å². The maximum Gasteiger partial charge on any atom is 2.00 e. The van der Waals surface area contributed by atoms with Crippen LogP contribution >= 0.6 is 11.8 Å². The van der Waals surface area contributed by atoms with E-state index in [1.54, 1.807) is 13.8 Å². The van der Waals surface area contributed by atoms with Crippen molar-refractivity contribution in [2.45, 2.75) is 67.9 Å². The molecule has 4 atom stereocenters. The maximum atomic E-state index is 8.56. The second kappa shape index (κ2) is 10.8. The summed E-state index contributed by atoms with van der Waals surface area (Å²) in [6, 6.07) is 9.25. The molecule has 132 valence electrons. The SMILES string of the molecule is CC(O)CC(C)O.[Pt+2].c1ccc2c(c1)[CH-]C(C1CCCC[N-]1)S2. The molecule has 4 unspecified atom stereocenters. The Morgan fingerprint density at radius 2 is 1.91 bits per heavy atom. The molecule has 3 nitrogen and oxygen atoms in total. The Bertz CT molecular complexity index is 419. The van der Waals surface area contributed by atoms with E-state index in [0.29, 0.717) is 17.7 Å². The molecule has 23 heavy (non-hydrogen) atoms. The van der Waals surface area contributed by atoms with Gasteiger partial charge in [0.25, 0.3) is 0 Å². The maximum absolute atomic E-state index is 8.56. The summed E-state index contributed by atoms with van der Waals surface area (Å²) in [5.41, 5.74) is 1.41. The van der Waals surface area contributed by atoms with E-state index >= 15 is 0 Å². The van der Waals surface area contributed by atoms with E-state index in [1.165, 1.54) is 29.7 Å². The quantitative estimate of drug-likeness (QED) is 0.602. The largest absolute Gasteiger partial charge is 2.00 e. The Labute approximate surface area is 158 Å². The predicted octanol–water partition coefficient (Wildman–Crippen LogP) is 3.78. The number of rotatable bonds is 3. The van der Waals surface area contributed by atoms with E-state index in [4.69, 9.17) is 15.5 Å². The summed E-state index contributed by atoms with van der Waals surface area (Å²) in [4.78, 5) is 1.43. The zero-order chi connectivity index (χ0) is 15.9. The Balaban J connectivity index is 0.000000287. The first-order valence-electron chi connectivity index (χ1n) is 8.19. The van der Waals surface area contributed by atoms with Crippen molar-refractivity contribution in [3.05, 3.63) is 41.6 Å². The first-order chi connectivity index (χ1) is 10.6. The van der Waals surface area contributed by atoms with Crippen LogP contribution in [0.4, 0.5) is 0 Å². The number of fused-ring (bicyclic) bond motifs is 1. The third-order valence-corrected chi connectivity index (χ3v) is 5.21. The fourth-order valence-electron chi connectivity index (χ4n) is 2.85. The topological polar surface area (TPSA) is 54.6 Å². The average molecular weight is 517 g/mol. The number of benzene rings is 1. The third-order valence-electron chi connectivity index (χ3n) is 3.86. The molecular formula is C18H27NO2PtS. The number of piperidine rings is 1. The molecule has 2 aliphatic heterocycles. The number of aliphatic hydroxyl groups is 2. The molecule has 2 heterocycles. The van der Waals surface area contributed by atoms with E-state index < -0.39 is 0 Å². The number of hydrogen-bond donors (Lipinski definition) is 2. The van der Waals surface area contributed by atoms with Crippen LogP contribution in [-0.2, 0) is 21.1 Å². The van der Waals surface area contributed by atoms with Gasteiger partial charge >= 0.3 is 21.1 Å². The molecule has 0 bridgehead atoms. The summed E-state index contributed by atoms with van der Waals surface area (Å²) in [5, 5.41) is 22.5. The van der Waals surface area contributed by atoms with Crippen LogP contribution in [0.5, 0.6) is 0 Å². The van der Waals surface area contributed by atoms with Crippen molar-refractivity contribution in [1.29, 1.82) is 0 Å². The molecule has 3 rings (SSSR count). The minimum absolute atomic E-state index is 0. The van der Waals surface area contributed by atoms with E-state index in [-0.39, 0.29) is 33.3 Å². The number of thioether (sulfide) groups is 1. The van der Waals surface area contributed by atoms with Crippen molar-refractivity contribution in [2.75, 3.05) is 6.54 Å². The van der Waals surface area contributed by atoms with E-state index in [9.17, 15) is 0 Å². The van der Waals surface area contributed by atoms with Crippen molar-refractivity contribution in [1.82, 2.24) is 0 Å². The van der Waals surface area contributed by atoms with Gasteiger partial charge in [-0.25, -0.2) is 11.8 Å². The minimum atomic E-state index is -0.375. The van der Waals surface area contributed by atoms with Gasteiger partial charge in [0.1, 0.15) is 0 Å². The minimum Gasteiger partial charge on any atom is -0.659 e. The van der Waals surface area contributed by atoms with Crippen LogP contribution in [0.1, 0.15) is 45.1 Å². The molecule has 0 aromatic heterocycles. The van der Waals surface area contributed by atoms with Gasteiger partial charge in [-0.3, -0.25) is 0 Å². The van der Waals surface area contributed by atoms with Crippen LogP contribution in [0.3, 0.4) is 0 Å². The van der Waals surface area contributed by atoms with Crippen LogP contribution in [-0.4, -0.2) is 40.3 Å². The van der Waals surface area contributed by atoms with E-state index in [2.05, 4.69) is 30.7 Å². The molecular weight excluding hydrogens is 489 g/mol. The van der Waals surface area contributed by atoms with Gasteiger partial charge in [0.15, 0.2) is 0 Å². The molecule has 0 amide bonds. The standard InChI is InChI=1S/C13H15NS.C5H12O2.Pt/c1-2-7-12-10(5-1)9-13(15-12)11-6-3-4-8-14-11;1-4(6)3-5(2)7;/h1-2,5,7,9,11,13H,3-4,6,8H2;4-7H,3H2,1-2H3;/q-2;;+2. The van der Waals surface area contributed by atoms with Crippen molar-refractivity contribution in [2.24, 2.45) is 0 Å². The van der Waals surface area contributed by atoms with Gasteiger partial charge in [-0.2, -0.15) is 18.1 Å². The summed E-state index contributed by atoms with van der Waals surface area (Å²) >= 11 is 1.99. The van der Waals surface area contributed by atoms with Gasteiger partial charge in [0.2, 0.25) is 0 Å². The summed E-state index contributed by atoms with van der Waals surface area (Å²) in [6.07, 6.45) is 6.05. The third kappa shape index (κ3) is 7.19. The normalized spacial score (nSPS) is 25.0. The molecule has 1 aromatic rings. The van der Waals surface area contributed by atoms with Crippen LogP contribution in [0.2, 0.25) is 0 Å². The van der Waals surface area contributed by atoms with Crippen LogP contribution in [0.15, 0.2) is 29.2 Å². The van der Waals surface area contributed by atoms with Crippen LogP contribution < -0.4 is 0 Å². The van der Waals surface area contributed by atoms with Gasteiger partial charge in [0, 0.05) is 0 Å². The molecule has 1 fully saturated rings. The second-order valence-electron chi connectivity index (χ2n) is 6.19. The number of hydrogen-bond acceptors (Lipinski definition) is 3. The Morgan fingerprint density at radius 1 is 1.22 bits per heavy atom. The van der Waals surface area contributed by atoms with Gasteiger partial charge in [-0.1, -0.05) is 30.2 Å². The van der Waals surface area contributed by atoms with Gasteiger partial charge in [0.05, 0.1) is 12.2 Å². The zero-order valence-corrected chi connectivity index (χ0v) is 16.9. The molecule has 5 heteroatoms. The molecule has 0 aliphatic carbocycles. The monoisotopic (exact) mass is 516 g/mol. The predicted molar refractivity (Wildman–Crippen MR) is 93.3 cm³/mol. The summed E-state index contributed by atoms with van der Waals surface area (Å²) in [6.45, 7) is 4.39. The van der Waals surface area contributed by atoms with Crippen molar-refractivity contribution in [3.63, 3.8) is 0 Å². The molecule has 2 N–H and O–H groups in total. The molecule has 1 aromatic carbocycles. The second-order valence-corrected chi connectivity index (χ2v) is 7.41. The fraction of sp³-hybridized carbons (Fsp3) is 0.611. The van der Waals surface area contributed by atoms with Crippen LogP contribution in [0, 0.1) is 6.42 Å². The zero-order valence-electron chi connectivity index (χ0n) is 13.8. The van der Waals surface area contributed by atoms with Gasteiger partial charge < -0.3 is 15.5 Å². The molecule has 2 aliphatic rings. The summed E-state index contributed by atoms with van der Waals surface area (Å²) < 4.78 is 0. The Morgan fingerprint density at radius 3 is 2.43 bits per heavy atom. The summed E-state index contributed by atoms with van der Waals surface area (Å²) in [5.74, 6) is 0. The van der Waals surface area contributed by atoms with Crippen molar-refractivity contribution < 1.29 is 31.3 Å². The first kappa shape index (κ1) is 21.1.